The van der Waals surface area contributed by atoms with E-state index in [2.05, 4.69) is 44.8 Å². The second-order valence-electron chi connectivity index (χ2n) is 6.02. The van der Waals surface area contributed by atoms with E-state index < -0.39 is 0 Å². The fourth-order valence-corrected chi connectivity index (χ4v) is 2.03. The number of hydrogen-bond acceptors (Lipinski definition) is 3. The number of rotatable bonds is 4. The number of morpholine rings is 1. The van der Waals surface area contributed by atoms with Crippen molar-refractivity contribution in [3.05, 3.63) is 0 Å². The molecule has 0 bridgehead atoms. The van der Waals surface area contributed by atoms with Crippen molar-refractivity contribution in [2.45, 2.75) is 58.7 Å². The maximum Gasteiger partial charge on any atom is 0.0674 e. The van der Waals surface area contributed by atoms with E-state index in [1.165, 1.54) is 13.0 Å². The molecule has 1 aliphatic rings. The first-order valence-corrected chi connectivity index (χ1v) is 6.49. The summed E-state index contributed by atoms with van der Waals surface area (Å²) in [4.78, 5) is 2.54. The van der Waals surface area contributed by atoms with Crippen LogP contribution < -0.4 is 5.32 Å². The summed E-state index contributed by atoms with van der Waals surface area (Å²) >= 11 is 0. The number of nitrogens with one attached hydrogen (secondary N) is 1. The molecule has 2 unspecified atom stereocenters. The zero-order valence-corrected chi connectivity index (χ0v) is 11.5. The monoisotopic (exact) mass is 228 g/mol. The van der Waals surface area contributed by atoms with Crippen LogP contribution in [0.2, 0.25) is 0 Å². The molecule has 2 atom stereocenters. The van der Waals surface area contributed by atoms with Crippen LogP contribution in [0.25, 0.3) is 0 Å². The number of hydrogen-bond donors (Lipinski definition) is 1. The Hall–Kier alpha value is -0.120. The van der Waals surface area contributed by atoms with Crippen molar-refractivity contribution in [1.82, 2.24) is 10.2 Å². The van der Waals surface area contributed by atoms with Crippen molar-refractivity contribution >= 4 is 0 Å². The van der Waals surface area contributed by atoms with E-state index in [1.54, 1.807) is 0 Å². The molecule has 1 rings (SSSR count). The zero-order chi connectivity index (χ0) is 12.2. The van der Waals surface area contributed by atoms with Crippen molar-refractivity contribution in [2.75, 3.05) is 26.2 Å². The quantitative estimate of drug-likeness (QED) is 0.744. The van der Waals surface area contributed by atoms with E-state index in [0.29, 0.717) is 12.1 Å². The lowest BCUT2D eigenvalue weighted by Gasteiger charge is -2.37. The predicted molar refractivity (Wildman–Crippen MR) is 68.8 cm³/mol. The molecule has 0 spiro atoms. The largest absolute Gasteiger partial charge is 0.376 e. The highest BCUT2D eigenvalue weighted by atomic mass is 16.5. The highest BCUT2D eigenvalue weighted by Crippen LogP contribution is 2.11. The number of nitrogens with zero attached hydrogens (tertiary/aromatic N) is 1. The Labute approximate surface area is 101 Å². The molecule has 0 amide bonds. The summed E-state index contributed by atoms with van der Waals surface area (Å²) in [5.74, 6) is 0. The topological polar surface area (TPSA) is 24.5 Å². The van der Waals surface area contributed by atoms with Gasteiger partial charge in [0.15, 0.2) is 0 Å². The molecular formula is C13H28N2O. The summed E-state index contributed by atoms with van der Waals surface area (Å²) < 4.78 is 5.62. The van der Waals surface area contributed by atoms with E-state index in [9.17, 15) is 0 Å². The summed E-state index contributed by atoms with van der Waals surface area (Å²) in [7, 11) is 0. The molecular weight excluding hydrogens is 200 g/mol. The molecule has 0 saturated carbocycles. The maximum absolute atomic E-state index is 5.62. The van der Waals surface area contributed by atoms with Gasteiger partial charge in [-0.05, 0) is 54.1 Å². The third kappa shape index (κ3) is 5.28. The lowest BCUT2D eigenvalue weighted by Crippen LogP contribution is -2.48. The molecule has 1 saturated heterocycles. The molecule has 1 heterocycles. The van der Waals surface area contributed by atoms with Gasteiger partial charge in [-0.15, -0.1) is 0 Å². The third-order valence-electron chi connectivity index (χ3n) is 3.01. The van der Waals surface area contributed by atoms with Crippen LogP contribution in [0.15, 0.2) is 0 Å². The highest BCUT2D eigenvalue weighted by molar-refractivity contribution is 4.76. The van der Waals surface area contributed by atoms with Crippen LogP contribution in [0.5, 0.6) is 0 Å². The Morgan fingerprint density at radius 3 is 2.62 bits per heavy atom. The van der Waals surface area contributed by atoms with Crippen molar-refractivity contribution in [1.29, 1.82) is 0 Å². The minimum Gasteiger partial charge on any atom is -0.376 e. The first-order chi connectivity index (χ1) is 7.38. The van der Waals surface area contributed by atoms with Gasteiger partial charge in [0, 0.05) is 18.1 Å². The molecule has 3 nitrogen and oxygen atoms in total. The molecule has 0 aromatic carbocycles. The van der Waals surface area contributed by atoms with Gasteiger partial charge in [-0.1, -0.05) is 0 Å². The van der Waals surface area contributed by atoms with Gasteiger partial charge in [-0.2, -0.15) is 0 Å². The fraction of sp³-hybridized carbons (Fsp3) is 1.00. The zero-order valence-electron chi connectivity index (χ0n) is 11.5. The lowest BCUT2D eigenvalue weighted by molar-refractivity contribution is -0.0495. The molecule has 0 radical (unpaired) electrons. The molecule has 0 aromatic rings. The van der Waals surface area contributed by atoms with E-state index in [1.807, 2.05) is 0 Å². The van der Waals surface area contributed by atoms with E-state index >= 15 is 0 Å². The summed E-state index contributed by atoms with van der Waals surface area (Å²) in [5.41, 5.74) is 0.240. The molecule has 1 fully saturated rings. The average molecular weight is 228 g/mol. The minimum absolute atomic E-state index is 0.240. The predicted octanol–water partition coefficient (Wildman–Crippen LogP) is 1.87. The van der Waals surface area contributed by atoms with Crippen molar-refractivity contribution in [3.63, 3.8) is 0 Å². The van der Waals surface area contributed by atoms with Gasteiger partial charge in [0.2, 0.25) is 0 Å². The molecule has 96 valence electrons. The van der Waals surface area contributed by atoms with Crippen LogP contribution in [0.4, 0.5) is 0 Å². The van der Waals surface area contributed by atoms with Gasteiger partial charge >= 0.3 is 0 Å². The molecule has 16 heavy (non-hydrogen) atoms. The standard InChI is InChI=1S/C13H28N2O/c1-11-10-16-12(2)9-15(11)8-6-7-14-13(3,4)5/h11-12,14H,6-10H2,1-5H3. The van der Waals surface area contributed by atoms with Crippen molar-refractivity contribution in [3.8, 4) is 0 Å². The second-order valence-corrected chi connectivity index (χ2v) is 6.02. The normalized spacial score (nSPS) is 28.3. The first kappa shape index (κ1) is 13.9. The number of ether oxygens (including phenoxy) is 1. The van der Waals surface area contributed by atoms with Gasteiger partial charge < -0.3 is 10.1 Å². The second kappa shape index (κ2) is 5.99. The summed E-state index contributed by atoms with van der Waals surface area (Å²) in [5, 5.41) is 3.53. The van der Waals surface area contributed by atoms with Gasteiger partial charge in [-0.3, -0.25) is 4.90 Å². The highest BCUT2D eigenvalue weighted by Gasteiger charge is 2.22. The van der Waals surface area contributed by atoms with E-state index in [0.717, 1.165) is 19.7 Å². The Bertz CT molecular complexity index is 201. The van der Waals surface area contributed by atoms with Crippen molar-refractivity contribution in [2.24, 2.45) is 0 Å². The third-order valence-corrected chi connectivity index (χ3v) is 3.01. The van der Waals surface area contributed by atoms with Gasteiger partial charge in [0.1, 0.15) is 0 Å². The fourth-order valence-electron chi connectivity index (χ4n) is 2.03. The van der Waals surface area contributed by atoms with Crippen LogP contribution in [0, 0.1) is 0 Å². The molecule has 1 aliphatic heterocycles. The van der Waals surface area contributed by atoms with Crippen LogP contribution in [0.1, 0.15) is 41.0 Å². The summed E-state index contributed by atoms with van der Waals surface area (Å²) in [6.45, 7) is 15.3. The van der Waals surface area contributed by atoms with Gasteiger partial charge in [0.25, 0.3) is 0 Å². The lowest BCUT2D eigenvalue weighted by atomic mass is 10.1. The Morgan fingerprint density at radius 1 is 1.31 bits per heavy atom. The summed E-state index contributed by atoms with van der Waals surface area (Å²) in [6.07, 6.45) is 1.61. The smallest absolute Gasteiger partial charge is 0.0674 e. The van der Waals surface area contributed by atoms with Crippen LogP contribution in [0.3, 0.4) is 0 Å². The SMILES string of the molecule is CC1CN(CCCNC(C)(C)C)C(C)CO1. The van der Waals surface area contributed by atoms with Gasteiger partial charge in [-0.25, -0.2) is 0 Å². The first-order valence-electron chi connectivity index (χ1n) is 6.49. The van der Waals surface area contributed by atoms with Crippen LogP contribution in [-0.4, -0.2) is 48.8 Å². The van der Waals surface area contributed by atoms with Crippen LogP contribution in [-0.2, 0) is 4.74 Å². The molecule has 0 aromatic heterocycles. The molecule has 1 N–H and O–H groups in total. The van der Waals surface area contributed by atoms with E-state index in [4.69, 9.17) is 4.74 Å². The Balaban J connectivity index is 2.16. The molecule has 0 aliphatic carbocycles. The molecule has 3 heteroatoms. The van der Waals surface area contributed by atoms with E-state index in [-0.39, 0.29) is 5.54 Å². The Kier molecular flexibility index (Phi) is 5.22. The van der Waals surface area contributed by atoms with Crippen molar-refractivity contribution < 1.29 is 4.74 Å². The minimum atomic E-state index is 0.240. The summed E-state index contributed by atoms with van der Waals surface area (Å²) in [6, 6.07) is 0.575. The average Bonchev–Trinajstić information content (AvgIpc) is 2.16. The maximum atomic E-state index is 5.62. The Morgan fingerprint density at radius 2 is 2.00 bits per heavy atom. The van der Waals surface area contributed by atoms with Gasteiger partial charge in [0.05, 0.1) is 12.7 Å². The van der Waals surface area contributed by atoms with Crippen LogP contribution >= 0.6 is 0 Å².